The molecule has 1 aromatic rings. The predicted molar refractivity (Wildman–Crippen MR) is 71.5 cm³/mol. The number of anilines is 1. The molecule has 2 N–H and O–H groups in total. The summed E-state index contributed by atoms with van der Waals surface area (Å²) in [7, 11) is 1.58. The van der Waals surface area contributed by atoms with Crippen molar-refractivity contribution in [3.63, 3.8) is 0 Å². The molecule has 0 aliphatic rings. The first kappa shape index (κ1) is 13.6. The van der Waals surface area contributed by atoms with Gasteiger partial charge in [-0.25, -0.2) is 0 Å². The largest absolute Gasteiger partial charge is 0.355 e. The monoisotopic (exact) mass is 252 g/mol. The lowest BCUT2D eigenvalue weighted by molar-refractivity contribution is -0.115. The molecule has 0 saturated heterocycles. The maximum atomic E-state index is 11.5. The van der Waals surface area contributed by atoms with Crippen LogP contribution >= 0.6 is 11.8 Å². The van der Waals surface area contributed by atoms with Gasteiger partial charge in [-0.05, 0) is 24.5 Å². The molecule has 0 bridgehead atoms. The number of rotatable bonds is 5. The van der Waals surface area contributed by atoms with E-state index in [-0.39, 0.29) is 11.8 Å². The van der Waals surface area contributed by atoms with Crippen molar-refractivity contribution in [2.24, 2.45) is 0 Å². The Morgan fingerprint density at radius 1 is 1.35 bits per heavy atom. The van der Waals surface area contributed by atoms with Gasteiger partial charge in [0.25, 0.3) is 5.91 Å². The summed E-state index contributed by atoms with van der Waals surface area (Å²) in [6, 6.07) is 6.88. The van der Waals surface area contributed by atoms with Crippen LogP contribution in [0.25, 0.3) is 0 Å². The van der Waals surface area contributed by atoms with Crippen LogP contribution in [0.4, 0.5) is 5.69 Å². The van der Waals surface area contributed by atoms with Crippen LogP contribution in [0.3, 0.4) is 0 Å². The summed E-state index contributed by atoms with van der Waals surface area (Å²) < 4.78 is 0. The van der Waals surface area contributed by atoms with Gasteiger partial charge in [0.2, 0.25) is 5.91 Å². The molecule has 92 valence electrons. The minimum absolute atomic E-state index is 0.0339. The number of nitrogens with one attached hydrogen (secondary N) is 2. The van der Waals surface area contributed by atoms with Gasteiger partial charge in [0.15, 0.2) is 0 Å². The van der Waals surface area contributed by atoms with Gasteiger partial charge in [-0.3, -0.25) is 9.59 Å². The number of benzene rings is 1. The Balaban J connectivity index is 2.65. The number of hydrogen-bond donors (Lipinski definition) is 2. The Hall–Kier alpha value is -1.49. The fourth-order valence-corrected chi connectivity index (χ4v) is 1.69. The van der Waals surface area contributed by atoms with Crippen molar-refractivity contribution in [3.8, 4) is 0 Å². The first-order valence-electron chi connectivity index (χ1n) is 5.28. The summed E-state index contributed by atoms with van der Waals surface area (Å²) >= 11 is 1.63. The number of carbonyl (C=O) groups is 2. The lowest BCUT2D eigenvalue weighted by Crippen LogP contribution is -2.18. The Morgan fingerprint density at radius 3 is 2.76 bits per heavy atom. The van der Waals surface area contributed by atoms with Crippen LogP contribution in [-0.2, 0) is 4.79 Å². The van der Waals surface area contributed by atoms with E-state index in [1.807, 2.05) is 6.26 Å². The van der Waals surface area contributed by atoms with Crippen LogP contribution in [0.5, 0.6) is 0 Å². The lowest BCUT2D eigenvalue weighted by atomic mass is 10.2. The van der Waals surface area contributed by atoms with Crippen LogP contribution in [-0.4, -0.2) is 30.9 Å². The Labute approximate surface area is 105 Å². The molecule has 0 unspecified atom stereocenters. The van der Waals surface area contributed by atoms with Gasteiger partial charge in [0.1, 0.15) is 0 Å². The molecule has 0 aliphatic heterocycles. The van der Waals surface area contributed by atoms with Crippen LogP contribution in [0.2, 0.25) is 0 Å². The van der Waals surface area contributed by atoms with Gasteiger partial charge in [-0.15, -0.1) is 0 Å². The van der Waals surface area contributed by atoms with Crippen LogP contribution in [0.1, 0.15) is 16.8 Å². The Bertz CT molecular complexity index is 407. The van der Waals surface area contributed by atoms with E-state index in [0.717, 1.165) is 5.75 Å². The van der Waals surface area contributed by atoms with Crippen molar-refractivity contribution in [3.05, 3.63) is 29.8 Å². The third kappa shape index (κ3) is 4.48. The molecule has 0 heterocycles. The Kier molecular flexibility index (Phi) is 5.56. The molecule has 0 spiro atoms. The summed E-state index contributed by atoms with van der Waals surface area (Å²) in [5.74, 6) is 0.597. The first-order valence-corrected chi connectivity index (χ1v) is 6.67. The molecule has 0 fully saturated rings. The van der Waals surface area contributed by atoms with Gasteiger partial charge >= 0.3 is 0 Å². The van der Waals surface area contributed by atoms with Gasteiger partial charge in [-0.2, -0.15) is 11.8 Å². The number of thioether (sulfide) groups is 1. The summed E-state index contributed by atoms with van der Waals surface area (Å²) in [5, 5.41) is 5.30. The van der Waals surface area contributed by atoms with Gasteiger partial charge in [-0.1, -0.05) is 6.07 Å². The SMILES string of the molecule is CNC(=O)c1cccc(NC(=O)CCSC)c1. The molecule has 0 aliphatic carbocycles. The molecule has 0 saturated carbocycles. The first-order chi connectivity index (χ1) is 8.17. The van der Waals surface area contributed by atoms with Crippen molar-refractivity contribution in [1.82, 2.24) is 5.32 Å². The van der Waals surface area contributed by atoms with Gasteiger partial charge in [0.05, 0.1) is 0 Å². The molecular weight excluding hydrogens is 236 g/mol. The molecule has 5 heteroatoms. The van der Waals surface area contributed by atoms with Crippen LogP contribution < -0.4 is 10.6 Å². The second-order valence-electron chi connectivity index (χ2n) is 3.45. The molecule has 0 radical (unpaired) electrons. The molecule has 0 aromatic heterocycles. The van der Waals surface area contributed by atoms with E-state index in [9.17, 15) is 9.59 Å². The van der Waals surface area contributed by atoms with E-state index in [4.69, 9.17) is 0 Å². The summed E-state index contributed by atoms with van der Waals surface area (Å²) in [6.07, 6.45) is 2.44. The minimum atomic E-state index is -0.162. The van der Waals surface area contributed by atoms with Crippen molar-refractivity contribution < 1.29 is 9.59 Å². The van der Waals surface area contributed by atoms with E-state index in [1.54, 1.807) is 43.1 Å². The third-order valence-electron chi connectivity index (χ3n) is 2.17. The second kappa shape index (κ2) is 6.96. The van der Waals surface area contributed by atoms with Gasteiger partial charge < -0.3 is 10.6 Å². The average molecular weight is 252 g/mol. The molecule has 1 aromatic carbocycles. The lowest BCUT2D eigenvalue weighted by Gasteiger charge is -2.06. The number of hydrogen-bond acceptors (Lipinski definition) is 3. The van der Waals surface area contributed by atoms with Crippen molar-refractivity contribution in [1.29, 1.82) is 0 Å². The normalized spacial score (nSPS) is 9.76. The van der Waals surface area contributed by atoms with E-state index in [2.05, 4.69) is 10.6 Å². The van der Waals surface area contributed by atoms with E-state index >= 15 is 0 Å². The fourth-order valence-electron chi connectivity index (χ4n) is 1.30. The highest BCUT2D eigenvalue weighted by Crippen LogP contribution is 2.11. The minimum Gasteiger partial charge on any atom is -0.355 e. The molecular formula is C12H16N2O2S. The van der Waals surface area contributed by atoms with E-state index in [0.29, 0.717) is 17.7 Å². The summed E-state index contributed by atoms with van der Waals surface area (Å²) in [6.45, 7) is 0. The maximum absolute atomic E-state index is 11.5. The highest BCUT2D eigenvalue weighted by atomic mass is 32.2. The average Bonchev–Trinajstić information content (AvgIpc) is 2.35. The van der Waals surface area contributed by atoms with E-state index in [1.165, 1.54) is 0 Å². The highest BCUT2D eigenvalue weighted by Gasteiger charge is 2.05. The third-order valence-corrected chi connectivity index (χ3v) is 2.78. The van der Waals surface area contributed by atoms with Gasteiger partial charge in [0, 0.05) is 30.5 Å². The van der Waals surface area contributed by atoms with E-state index < -0.39 is 0 Å². The zero-order valence-corrected chi connectivity index (χ0v) is 10.8. The smallest absolute Gasteiger partial charge is 0.251 e. The molecule has 1 rings (SSSR count). The summed E-state index contributed by atoms with van der Waals surface area (Å²) in [5.41, 5.74) is 1.19. The molecule has 4 nitrogen and oxygen atoms in total. The standard InChI is InChI=1S/C12H16N2O2S/c1-13-12(16)9-4-3-5-10(8-9)14-11(15)6-7-17-2/h3-5,8H,6-7H2,1-2H3,(H,13,16)(H,14,15). The second-order valence-corrected chi connectivity index (χ2v) is 4.44. The molecule has 0 atom stereocenters. The topological polar surface area (TPSA) is 58.2 Å². The van der Waals surface area contributed by atoms with Crippen LogP contribution in [0, 0.1) is 0 Å². The molecule has 2 amide bonds. The summed E-state index contributed by atoms with van der Waals surface area (Å²) in [4.78, 5) is 22.9. The maximum Gasteiger partial charge on any atom is 0.251 e. The quantitative estimate of drug-likeness (QED) is 0.839. The molecule has 17 heavy (non-hydrogen) atoms. The van der Waals surface area contributed by atoms with Crippen molar-refractivity contribution in [2.75, 3.05) is 24.4 Å². The zero-order chi connectivity index (χ0) is 12.7. The van der Waals surface area contributed by atoms with Crippen LogP contribution in [0.15, 0.2) is 24.3 Å². The van der Waals surface area contributed by atoms with Crippen molar-refractivity contribution in [2.45, 2.75) is 6.42 Å². The number of carbonyl (C=O) groups excluding carboxylic acids is 2. The zero-order valence-electron chi connectivity index (χ0n) is 9.95. The fraction of sp³-hybridized carbons (Fsp3) is 0.333. The van der Waals surface area contributed by atoms with Crippen molar-refractivity contribution >= 4 is 29.3 Å². The highest BCUT2D eigenvalue weighted by molar-refractivity contribution is 7.98. The Morgan fingerprint density at radius 2 is 2.12 bits per heavy atom. The predicted octanol–water partition coefficient (Wildman–Crippen LogP) is 1.74. The number of amides is 2.